The van der Waals surface area contributed by atoms with Gasteiger partial charge in [0.05, 0.1) is 0 Å². The molecule has 0 unspecified atom stereocenters. The maximum Gasteiger partial charge on any atom is 0.339 e. The maximum absolute atomic E-state index is 12.1. The number of allylic oxidation sites excluding steroid dienone is 3. The van der Waals surface area contributed by atoms with Gasteiger partial charge in [-0.2, -0.15) is 26.3 Å². The number of hydrogen-bond donors (Lipinski definition) is 0. The Morgan fingerprint density at radius 3 is 1.92 bits per heavy atom. The zero-order valence-electron chi connectivity index (χ0n) is 5.42. The normalized spacial score (nSPS) is 24.0. The van der Waals surface area contributed by atoms with Crippen molar-refractivity contribution in [3.8, 4) is 0 Å². The van der Waals surface area contributed by atoms with E-state index in [2.05, 4.69) is 0 Å². The molecule has 0 saturated heterocycles. The monoisotopic (exact) mass is 188 g/mol. The van der Waals surface area contributed by atoms with Crippen molar-refractivity contribution in [3.05, 3.63) is 23.8 Å². The van der Waals surface area contributed by atoms with E-state index in [1.54, 1.807) is 0 Å². The maximum atomic E-state index is 12.1. The van der Waals surface area contributed by atoms with Crippen LogP contribution >= 0.6 is 0 Å². The first kappa shape index (κ1) is 9.15. The molecule has 0 amide bonds. The topological polar surface area (TPSA) is 0 Å². The van der Waals surface area contributed by atoms with E-state index < -0.39 is 23.5 Å². The summed E-state index contributed by atoms with van der Waals surface area (Å²) in [5, 5.41) is 0. The second-order valence-corrected chi connectivity index (χ2v) is 2.23. The molecule has 68 valence electrons. The average Bonchev–Trinajstić information content (AvgIpc) is 1.85. The van der Waals surface area contributed by atoms with Crippen LogP contribution in [0.3, 0.4) is 0 Å². The predicted molar refractivity (Wildman–Crippen MR) is 28.3 cm³/mol. The number of halogens is 6. The molecular formula is C6H2F6. The van der Waals surface area contributed by atoms with Gasteiger partial charge in [0, 0.05) is 17.7 Å². The second kappa shape index (κ2) is 2.27. The van der Waals surface area contributed by atoms with Gasteiger partial charge in [-0.05, 0) is 0 Å². The number of rotatable bonds is 1. The first-order valence-electron chi connectivity index (χ1n) is 2.79. The van der Waals surface area contributed by atoms with Crippen LogP contribution in [0.5, 0.6) is 0 Å². The molecular weight excluding hydrogens is 186 g/mol. The molecule has 0 saturated carbocycles. The van der Waals surface area contributed by atoms with Gasteiger partial charge in [0.25, 0.3) is 6.08 Å². The Balaban J connectivity index is 2.94. The van der Waals surface area contributed by atoms with E-state index in [-0.39, 0.29) is 12.2 Å². The Hall–Kier alpha value is -0.940. The van der Waals surface area contributed by atoms with Gasteiger partial charge in [-0.3, -0.25) is 0 Å². The molecule has 0 heterocycles. The van der Waals surface area contributed by atoms with Crippen molar-refractivity contribution >= 4 is 0 Å². The third-order valence-corrected chi connectivity index (χ3v) is 1.38. The van der Waals surface area contributed by atoms with Crippen molar-refractivity contribution in [1.29, 1.82) is 0 Å². The fraction of sp³-hybridized carbons (Fsp3) is 0.333. The van der Waals surface area contributed by atoms with Crippen LogP contribution in [0, 0.1) is 0 Å². The summed E-state index contributed by atoms with van der Waals surface area (Å²) in [6.07, 6.45) is -2.87. The Kier molecular flexibility index (Phi) is 1.73. The fourth-order valence-electron chi connectivity index (χ4n) is 0.741. The van der Waals surface area contributed by atoms with Gasteiger partial charge >= 0.3 is 11.8 Å². The summed E-state index contributed by atoms with van der Waals surface area (Å²) in [6, 6.07) is 0. The molecule has 1 rings (SSSR count). The minimum atomic E-state index is -4.46. The lowest BCUT2D eigenvalue weighted by atomic mass is 9.89. The molecule has 0 bridgehead atoms. The first-order valence-corrected chi connectivity index (χ1v) is 2.79. The van der Waals surface area contributed by atoms with Crippen molar-refractivity contribution in [1.82, 2.24) is 0 Å². The Bertz CT molecular complexity index is 257. The van der Waals surface area contributed by atoms with Crippen LogP contribution in [0.2, 0.25) is 0 Å². The molecule has 0 fully saturated rings. The average molecular weight is 188 g/mol. The quantitative estimate of drug-likeness (QED) is 0.555. The minimum absolute atomic E-state index is 0.188. The van der Waals surface area contributed by atoms with Crippen LogP contribution in [0.4, 0.5) is 26.3 Å². The van der Waals surface area contributed by atoms with Gasteiger partial charge < -0.3 is 0 Å². The minimum Gasteiger partial charge on any atom is -0.195 e. The van der Waals surface area contributed by atoms with Gasteiger partial charge in [0.1, 0.15) is 0 Å². The van der Waals surface area contributed by atoms with E-state index in [9.17, 15) is 26.3 Å². The second-order valence-electron chi connectivity index (χ2n) is 2.23. The van der Waals surface area contributed by atoms with E-state index in [0.717, 1.165) is 0 Å². The van der Waals surface area contributed by atoms with Crippen molar-refractivity contribution in [2.45, 2.75) is 11.8 Å². The summed E-state index contributed by atoms with van der Waals surface area (Å²) in [5.41, 5.74) is -1.34. The molecule has 0 aromatic heterocycles. The third kappa shape index (κ3) is 1.11. The fourth-order valence-corrected chi connectivity index (χ4v) is 0.741. The van der Waals surface area contributed by atoms with Crippen molar-refractivity contribution in [3.63, 3.8) is 0 Å². The smallest absolute Gasteiger partial charge is 0.195 e. The van der Waals surface area contributed by atoms with E-state index in [4.69, 9.17) is 0 Å². The first-order chi connectivity index (χ1) is 5.27. The van der Waals surface area contributed by atoms with Gasteiger partial charge in [-0.15, -0.1) is 0 Å². The van der Waals surface area contributed by atoms with E-state index >= 15 is 0 Å². The highest BCUT2D eigenvalue weighted by Crippen LogP contribution is 2.50. The summed E-state index contributed by atoms with van der Waals surface area (Å²) in [4.78, 5) is 0. The summed E-state index contributed by atoms with van der Waals surface area (Å²) >= 11 is 0. The molecule has 0 aromatic rings. The molecule has 12 heavy (non-hydrogen) atoms. The van der Waals surface area contributed by atoms with Crippen molar-refractivity contribution in [2.75, 3.05) is 0 Å². The molecule has 0 atom stereocenters. The van der Waals surface area contributed by atoms with Crippen LogP contribution in [0.15, 0.2) is 23.8 Å². The highest BCUT2D eigenvalue weighted by molar-refractivity contribution is 5.42. The highest BCUT2D eigenvalue weighted by atomic mass is 19.3. The summed E-state index contributed by atoms with van der Waals surface area (Å²) < 4.78 is 70.8. The van der Waals surface area contributed by atoms with E-state index in [1.807, 2.05) is 0 Å². The molecule has 1 aliphatic rings. The molecule has 0 spiro atoms. The molecule has 0 radical (unpaired) electrons. The Labute approximate surface area is 63.2 Å². The summed E-state index contributed by atoms with van der Waals surface area (Å²) in [5.74, 6) is -8.76. The lowest BCUT2D eigenvalue weighted by molar-refractivity contribution is -0.176. The highest BCUT2D eigenvalue weighted by Gasteiger charge is 2.64. The Morgan fingerprint density at radius 1 is 1.17 bits per heavy atom. The van der Waals surface area contributed by atoms with Gasteiger partial charge in [0.2, 0.25) is 0 Å². The molecule has 0 nitrogen and oxygen atoms in total. The van der Waals surface area contributed by atoms with Gasteiger partial charge in [0.15, 0.2) is 0 Å². The standard InChI is InChI=1S/C6H2F6/c7-4(8)1-3-2-5(9,10)6(3,11)12/h1-2H. The van der Waals surface area contributed by atoms with E-state index in [0.29, 0.717) is 0 Å². The third-order valence-electron chi connectivity index (χ3n) is 1.38. The predicted octanol–water partition coefficient (Wildman–Crippen LogP) is 2.98. The van der Waals surface area contributed by atoms with Crippen LogP contribution in [0.1, 0.15) is 0 Å². The van der Waals surface area contributed by atoms with Crippen molar-refractivity contribution in [2.24, 2.45) is 0 Å². The van der Waals surface area contributed by atoms with E-state index in [1.165, 1.54) is 0 Å². The largest absolute Gasteiger partial charge is 0.339 e. The molecule has 6 heteroatoms. The molecule has 0 aromatic carbocycles. The van der Waals surface area contributed by atoms with Crippen LogP contribution in [-0.4, -0.2) is 11.8 Å². The van der Waals surface area contributed by atoms with Gasteiger partial charge in [-0.25, -0.2) is 0 Å². The van der Waals surface area contributed by atoms with Crippen LogP contribution < -0.4 is 0 Å². The number of hydrogen-bond acceptors (Lipinski definition) is 0. The molecule has 0 aliphatic heterocycles. The van der Waals surface area contributed by atoms with Crippen LogP contribution in [-0.2, 0) is 0 Å². The lowest BCUT2D eigenvalue weighted by Gasteiger charge is -2.33. The molecule has 1 aliphatic carbocycles. The van der Waals surface area contributed by atoms with Gasteiger partial charge in [-0.1, -0.05) is 0 Å². The summed E-state index contributed by atoms with van der Waals surface area (Å²) in [7, 11) is 0. The SMILES string of the molecule is FC(F)=CC1=CC(F)(F)C1(F)F. The zero-order chi connectivity index (χ0) is 9.57. The van der Waals surface area contributed by atoms with Crippen LogP contribution in [0.25, 0.3) is 0 Å². The summed E-state index contributed by atoms with van der Waals surface area (Å²) in [6.45, 7) is 0. The Morgan fingerprint density at radius 2 is 1.67 bits per heavy atom. The zero-order valence-corrected chi connectivity index (χ0v) is 5.42. The number of alkyl halides is 4. The lowest BCUT2D eigenvalue weighted by Crippen LogP contribution is -2.48. The van der Waals surface area contributed by atoms with Crippen molar-refractivity contribution < 1.29 is 26.3 Å². The molecule has 0 N–H and O–H groups in total.